The van der Waals surface area contributed by atoms with Crippen molar-refractivity contribution in [3.63, 3.8) is 0 Å². The van der Waals surface area contributed by atoms with Crippen molar-refractivity contribution in [1.29, 1.82) is 0 Å². The number of alkyl halides is 2. The van der Waals surface area contributed by atoms with E-state index in [2.05, 4.69) is 37.2 Å². The van der Waals surface area contributed by atoms with Crippen LogP contribution in [-0.2, 0) is 24.2 Å². The van der Waals surface area contributed by atoms with Gasteiger partial charge >= 0.3 is 0 Å². The Morgan fingerprint density at radius 1 is 1.02 bits per heavy atom. The number of nitrogens with zero attached hydrogens (tertiary/aromatic N) is 6. The van der Waals surface area contributed by atoms with E-state index in [1.165, 1.54) is 11.3 Å². The third kappa shape index (κ3) is 5.44. The number of hydrazine groups is 1. The van der Waals surface area contributed by atoms with Crippen molar-refractivity contribution in [3.8, 4) is 0 Å². The van der Waals surface area contributed by atoms with Crippen LogP contribution in [-0.4, -0.2) is 90.4 Å². The summed E-state index contributed by atoms with van der Waals surface area (Å²) in [4.78, 5) is 19.8. The standard InChI is InChI=1S/C32H44F2N8O/c1-38-13-9-28-27(20-38)31(37-42(28)24-7-14-40(15-8-24)32(43)21-5-10-35-11-6-21)41-12-3-4-22-16-25(23-18-36-39(2)19-23)26(30(33)34)17-29(22)41/h16-17,19,21,24,30,35-36H,3-15,18,20H2,1-2H3. The quantitative estimate of drug-likeness (QED) is 0.545. The van der Waals surface area contributed by atoms with Crippen LogP contribution in [0.3, 0.4) is 0 Å². The first-order valence-corrected chi connectivity index (χ1v) is 16.1. The minimum atomic E-state index is -2.56. The average molecular weight is 595 g/mol. The van der Waals surface area contributed by atoms with E-state index >= 15 is 0 Å². The Labute approximate surface area is 252 Å². The van der Waals surface area contributed by atoms with Crippen LogP contribution in [0.15, 0.2) is 18.3 Å². The molecule has 7 rings (SSSR count). The van der Waals surface area contributed by atoms with Crippen LogP contribution >= 0.6 is 0 Å². The van der Waals surface area contributed by atoms with Crippen molar-refractivity contribution >= 4 is 23.0 Å². The topological polar surface area (TPSA) is 71.9 Å². The summed E-state index contributed by atoms with van der Waals surface area (Å²) in [6.45, 7) is 6.47. The van der Waals surface area contributed by atoms with E-state index in [1.54, 1.807) is 6.07 Å². The fourth-order valence-electron chi connectivity index (χ4n) is 7.77. The highest BCUT2D eigenvalue weighted by molar-refractivity contribution is 5.79. The van der Waals surface area contributed by atoms with Gasteiger partial charge in [0.05, 0.1) is 6.04 Å². The van der Waals surface area contributed by atoms with Gasteiger partial charge < -0.3 is 25.0 Å². The maximum atomic E-state index is 14.5. The number of anilines is 2. The van der Waals surface area contributed by atoms with Gasteiger partial charge in [0.2, 0.25) is 5.91 Å². The van der Waals surface area contributed by atoms with E-state index in [0.717, 1.165) is 113 Å². The largest absolute Gasteiger partial charge is 0.342 e. The highest BCUT2D eigenvalue weighted by atomic mass is 19.3. The average Bonchev–Trinajstić information content (AvgIpc) is 3.63. The molecule has 0 aliphatic carbocycles. The first-order chi connectivity index (χ1) is 20.9. The Bertz CT molecular complexity index is 1390. The molecule has 0 saturated carbocycles. The fraction of sp³-hybridized carbons (Fsp3) is 0.625. The molecule has 43 heavy (non-hydrogen) atoms. The summed E-state index contributed by atoms with van der Waals surface area (Å²) < 4.78 is 31.3. The van der Waals surface area contributed by atoms with Gasteiger partial charge in [0.25, 0.3) is 6.43 Å². The smallest absolute Gasteiger partial charge is 0.264 e. The molecule has 0 radical (unpaired) electrons. The molecule has 9 nitrogen and oxygen atoms in total. The van der Waals surface area contributed by atoms with Gasteiger partial charge in [-0.15, -0.1) is 0 Å². The van der Waals surface area contributed by atoms with Gasteiger partial charge in [-0.25, -0.2) is 14.2 Å². The molecule has 0 atom stereocenters. The van der Waals surface area contributed by atoms with E-state index in [1.807, 2.05) is 24.3 Å². The monoisotopic (exact) mass is 594 g/mol. The molecule has 0 spiro atoms. The molecule has 6 heterocycles. The molecule has 2 fully saturated rings. The summed E-state index contributed by atoms with van der Waals surface area (Å²) in [5.41, 5.74) is 9.30. The molecule has 11 heteroatoms. The molecule has 232 valence electrons. The first-order valence-electron chi connectivity index (χ1n) is 16.1. The van der Waals surface area contributed by atoms with Crippen molar-refractivity contribution < 1.29 is 13.6 Å². The number of amides is 1. The van der Waals surface area contributed by atoms with Crippen molar-refractivity contribution in [3.05, 3.63) is 46.3 Å². The summed E-state index contributed by atoms with van der Waals surface area (Å²) in [6, 6.07) is 3.97. The normalized spacial score (nSPS) is 22.3. The summed E-state index contributed by atoms with van der Waals surface area (Å²) in [5.74, 6) is 1.39. The van der Waals surface area contributed by atoms with Crippen LogP contribution in [0.2, 0.25) is 0 Å². The van der Waals surface area contributed by atoms with Gasteiger partial charge in [-0.05, 0) is 87.5 Å². The summed E-state index contributed by atoms with van der Waals surface area (Å²) in [5, 5.41) is 10.5. The molecule has 5 aliphatic heterocycles. The third-order valence-corrected chi connectivity index (χ3v) is 10.1. The van der Waals surface area contributed by atoms with Crippen LogP contribution < -0.4 is 15.6 Å². The van der Waals surface area contributed by atoms with Crippen LogP contribution in [0.5, 0.6) is 0 Å². The second kappa shape index (κ2) is 11.8. The molecule has 2 saturated heterocycles. The number of likely N-dealkylation sites (tertiary alicyclic amines) is 1. The van der Waals surface area contributed by atoms with E-state index in [0.29, 0.717) is 18.0 Å². The molecule has 2 aromatic rings. The van der Waals surface area contributed by atoms with E-state index in [9.17, 15) is 13.6 Å². The number of hydrogen-bond donors (Lipinski definition) is 2. The first kappa shape index (κ1) is 28.7. The SMILES string of the molecule is CN1CCc2c(c(N3CCCc4cc(C5=CN(C)NC5)c(C(F)F)cc43)nn2C2CCN(C(=O)C3CCNCC3)CC2)C1. The number of benzene rings is 1. The van der Waals surface area contributed by atoms with Crippen molar-refractivity contribution in [2.24, 2.45) is 5.92 Å². The fourth-order valence-corrected chi connectivity index (χ4v) is 7.77. The molecule has 1 aromatic heterocycles. The number of carbonyl (C=O) groups is 1. The molecule has 2 N–H and O–H groups in total. The van der Waals surface area contributed by atoms with Crippen molar-refractivity contribution in [2.45, 2.75) is 64.0 Å². The van der Waals surface area contributed by atoms with Crippen LogP contribution in [0.4, 0.5) is 20.3 Å². The Hall–Kier alpha value is -3.02. The number of likely N-dealkylation sites (N-methyl/N-ethyl adjacent to an activating group) is 1. The van der Waals surface area contributed by atoms with Gasteiger partial charge in [0.1, 0.15) is 0 Å². The summed E-state index contributed by atoms with van der Waals surface area (Å²) in [7, 11) is 4.03. The van der Waals surface area contributed by atoms with Gasteiger partial charge in [-0.1, -0.05) is 0 Å². The van der Waals surface area contributed by atoms with Crippen LogP contribution in [0, 0.1) is 5.92 Å². The maximum absolute atomic E-state index is 14.5. The Kier molecular flexibility index (Phi) is 7.90. The number of piperidine rings is 2. The third-order valence-electron chi connectivity index (χ3n) is 10.1. The zero-order valence-electron chi connectivity index (χ0n) is 25.4. The van der Waals surface area contributed by atoms with E-state index in [4.69, 9.17) is 5.10 Å². The van der Waals surface area contributed by atoms with E-state index in [-0.39, 0.29) is 17.5 Å². The zero-order valence-corrected chi connectivity index (χ0v) is 25.4. The zero-order chi connectivity index (χ0) is 29.7. The number of halogens is 2. The number of aromatic nitrogens is 2. The van der Waals surface area contributed by atoms with E-state index < -0.39 is 6.43 Å². The van der Waals surface area contributed by atoms with Crippen LogP contribution in [0.25, 0.3) is 5.57 Å². The lowest BCUT2D eigenvalue weighted by atomic mass is 9.92. The Balaban J connectivity index is 1.19. The minimum Gasteiger partial charge on any atom is -0.342 e. The number of nitrogens with one attached hydrogen (secondary N) is 2. The number of carbonyl (C=O) groups excluding carboxylic acids is 1. The lowest BCUT2D eigenvalue weighted by Gasteiger charge is -2.36. The minimum absolute atomic E-state index is 0.0882. The number of fused-ring (bicyclic) bond motifs is 2. The van der Waals surface area contributed by atoms with Crippen LogP contribution in [0.1, 0.15) is 72.5 Å². The predicted molar refractivity (Wildman–Crippen MR) is 163 cm³/mol. The molecule has 0 unspecified atom stereocenters. The number of hydrogen-bond acceptors (Lipinski definition) is 7. The van der Waals surface area contributed by atoms with Gasteiger partial charge in [0.15, 0.2) is 5.82 Å². The highest BCUT2D eigenvalue weighted by Gasteiger charge is 2.35. The van der Waals surface area contributed by atoms with Crippen molar-refractivity contribution in [1.82, 2.24) is 35.3 Å². The second-order valence-corrected chi connectivity index (χ2v) is 13.0. The molecule has 0 bridgehead atoms. The van der Waals surface area contributed by atoms with Crippen molar-refractivity contribution in [2.75, 3.05) is 64.8 Å². The van der Waals surface area contributed by atoms with Gasteiger partial charge in [0, 0.05) is 87.4 Å². The molecular weight excluding hydrogens is 550 g/mol. The highest BCUT2D eigenvalue weighted by Crippen LogP contribution is 2.43. The van der Waals surface area contributed by atoms with Gasteiger partial charge in [-0.2, -0.15) is 5.10 Å². The molecule has 5 aliphatic rings. The second-order valence-electron chi connectivity index (χ2n) is 13.0. The number of aryl methyl sites for hydroxylation is 1. The molecular formula is C32H44F2N8O. The summed E-state index contributed by atoms with van der Waals surface area (Å²) in [6.07, 6.45) is 5.74. The van der Waals surface area contributed by atoms with Gasteiger partial charge in [-0.3, -0.25) is 9.48 Å². The number of rotatable bonds is 5. The lowest BCUT2D eigenvalue weighted by Crippen LogP contribution is -2.45. The summed E-state index contributed by atoms with van der Waals surface area (Å²) >= 11 is 0. The lowest BCUT2D eigenvalue weighted by molar-refractivity contribution is -0.137. The predicted octanol–water partition coefficient (Wildman–Crippen LogP) is 3.85. The Morgan fingerprint density at radius 3 is 2.53 bits per heavy atom. The molecule has 1 aromatic carbocycles. The Morgan fingerprint density at radius 2 is 1.81 bits per heavy atom. The maximum Gasteiger partial charge on any atom is 0.264 e. The molecule has 1 amide bonds.